The lowest BCUT2D eigenvalue weighted by Crippen LogP contribution is -2.37. The summed E-state index contributed by atoms with van der Waals surface area (Å²) in [6, 6.07) is 1.90. The first-order chi connectivity index (χ1) is 9.28. The third-order valence-corrected chi connectivity index (χ3v) is 2.46. The number of hydrogen-bond donors (Lipinski definition) is 2. The van der Waals surface area contributed by atoms with Crippen LogP contribution >= 0.6 is 0 Å². The monoisotopic (exact) mass is 263 g/mol. The number of nitrogens with one attached hydrogen (secondary N) is 2. The number of aryl methyl sites for hydroxylation is 1. The van der Waals surface area contributed by atoms with Gasteiger partial charge in [-0.25, -0.2) is 0 Å². The zero-order valence-electron chi connectivity index (χ0n) is 11.0. The van der Waals surface area contributed by atoms with Gasteiger partial charge in [0.25, 0.3) is 0 Å². The molecule has 102 valence electrons. The van der Waals surface area contributed by atoms with E-state index in [1.807, 2.05) is 6.07 Å². The molecule has 0 aliphatic rings. The predicted molar refractivity (Wildman–Crippen MR) is 69.6 cm³/mol. The molecule has 0 aliphatic carbocycles. The Morgan fingerprint density at radius 1 is 1.42 bits per heavy atom. The van der Waals surface area contributed by atoms with E-state index in [4.69, 9.17) is 8.94 Å². The van der Waals surface area contributed by atoms with Gasteiger partial charge in [-0.2, -0.15) is 4.98 Å². The zero-order chi connectivity index (χ0) is 13.5. The molecule has 0 radical (unpaired) electrons. The lowest BCUT2D eigenvalue weighted by atomic mass is 10.3. The van der Waals surface area contributed by atoms with Crippen molar-refractivity contribution in [1.82, 2.24) is 20.8 Å². The fourth-order valence-electron chi connectivity index (χ4n) is 1.53. The van der Waals surface area contributed by atoms with Crippen molar-refractivity contribution in [3.63, 3.8) is 0 Å². The highest BCUT2D eigenvalue weighted by Gasteiger charge is 2.03. The van der Waals surface area contributed by atoms with Crippen LogP contribution in [0.3, 0.4) is 0 Å². The van der Waals surface area contributed by atoms with Gasteiger partial charge < -0.3 is 19.6 Å². The number of nitrogens with zero attached hydrogens (tertiary/aromatic N) is 3. The van der Waals surface area contributed by atoms with Crippen LogP contribution in [0.2, 0.25) is 0 Å². The van der Waals surface area contributed by atoms with E-state index in [0.29, 0.717) is 31.2 Å². The van der Waals surface area contributed by atoms with Crippen molar-refractivity contribution in [1.29, 1.82) is 0 Å². The standard InChI is InChI=1S/C12H17N5O2/c1-9-16-11(19-17-9)3-5-14-12(13-2)15-7-10-4-6-18-8-10/h4,6,8H,3,5,7H2,1-2H3,(H2,13,14,15). The molecule has 19 heavy (non-hydrogen) atoms. The van der Waals surface area contributed by atoms with E-state index in [1.165, 1.54) is 0 Å². The summed E-state index contributed by atoms with van der Waals surface area (Å²) in [5.74, 6) is 1.99. The van der Waals surface area contributed by atoms with Gasteiger partial charge >= 0.3 is 0 Å². The van der Waals surface area contributed by atoms with Crippen LogP contribution in [0.1, 0.15) is 17.3 Å². The van der Waals surface area contributed by atoms with Crippen LogP contribution in [-0.2, 0) is 13.0 Å². The van der Waals surface area contributed by atoms with Crippen molar-refractivity contribution in [3.8, 4) is 0 Å². The largest absolute Gasteiger partial charge is 0.472 e. The summed E-state index contributed by atoms with van der Waals surface area (Å²) < 4.78 is 10.0. The van der Waals surface area contributed by atoms with E-state index in [-0.39, 0.29) is 0 Å². The predicted octanol–water partition coefficient (Wildman–Crippen LogP) is 0.879. The van der Waals surface area contributed by atoms with Gasteiger partial charge in [0.15, 0.2) is 11.8 Å². The molecule has 0 spiro atoms. The Morgan fingerprint density at radius 2 is 2.32 bits per heavy atom. The molecule has 7 nitrogen and oxygen atoms in total. The maximum atomic E-state index is 5.02. The Kier molecular flexibility index (Phi) is 4.54. The van der Waals surface area contributed by atoms with Gasteiger partial charge in [-0.3, -0.25) is 4.99 Å². The third-order valence-electron chi connectivity index (χ3n) is 2.46. The van der Waals surface area contributed by atoms with Gasteiger partial charge in [-0.05, 0) is 13.0 Å². The summed E-state index contributed by atoms with van der Waals surface area (Å²) in [5, 5.41) is 10.1. The molecule has 2 rings (SSSR count). The summed E-state index contributed by atoms with van der Waals surface area (Å²) in [6.45, 7) is 3.13. The van der Waals surface area contributed by atoms with Gasteiger partial charge in [0.1, 0.15) is 0 Å². The topological polar surface area (TPSA) is 88.5 Å². The van der Waals surface area contributed by atoms with Crippen LogP contribution in [0.25, 0.3) is 0 Å². The molecule has 2 aromatic rings. The molecule has 0 bridgehead atoms. The highest BCUT2D eigenvalue weighted by atomic mass is 16.5. The molecule has 0 atom stereocenters. The summed E-state index contributed by atoms with van der Waals surface area (Å²) in [6.07, 6.45) is 4.00. The molecular weight excluding hydrogens is 246 g/mol. The van der Waals surface area contributed by atoms with Crippen LogP contribution in [0, 0.1) is 6.92 Å². The van der Waals surface area contributed by atoms with Gasteiger partial charge in [-0.15, -0.1) is 0 Å². The highest BCUT2D eigenvalue weighted by Crippen LogP contribution is 1.98. The van der Waals surface area contributed by atoms with Crippen LogP contribution in [0.5, 0.6) is 0 Å². The molecule has 0 saturated heterocycles. The quantitative estimate of drug-likeness (QED) is 0.615. The van der Waals surface area contributed by atoms with Gasteiger partial charge in [0.2, 0.25) is 5.89 Å². The molecule has 2 N–H and O–H groups in total. The fourth-order valence-corrected chi connectivity index (χ4v) is 1.53. The van der Waals surface area contributed by atoms with Crippen LogP contribution in [0.15, 0.2) is 32.5 Å². The molecule has 0 amide bonds. The van der Waals surface area contributed by atoms with Crippen LogP contribution < -0.4 is 10.6 Å². The molecular formula is C12H17N5O2. The van der Waals surface area contributed by atoms with Crippen molar-refractivity contribution in [3.05, 3.63) is 35.9 Å². The van der Waals surface area contributed by atoms with Gasteiger partial charge in [-0.1, -0.05) is 5.16 Å². The molecule has 0 aromatic carbocycles. The first-order valence-electron chi connectivity index (χ1n) is 6.02. The lowest BCUT2D eigenvalue weighted by molar-refractivity contribution is 0.374. The maximum absolute atomic E-state index is 5.02. The second kappa shape index (κ2) is 6.58. The minimum Gasteiger partial charge on any atom is -0.472 e. The van der Waals surface area contributed by atoms with Gasteiger partial charge in [0, 0.05) is 32.1 Å². The average Bonchev–Trinajstić information content (AvgIpc) is 3.05. The second-order valence-corrected chi connectivity index (χ2v) is 3.97. The first-order valence-corrected chi connectivity index (χ1v) is 6.02. The highest BCUT2D eigenvalue weighted by molar-refractivity contribution is 5.79. The molecule has 7 heteroatoms. The van der Waals surface area contributed by atoms with Gasteiger partial charge in [0.05, 0.1) is 12.5 Å². The smallest absolute Gasteiger partial charge is 0.228 e. The number of guanidine groups is 1. The van der Waals surface area contributed by atoms with E-state index in [9.17, 15) is 0 Å². The number of aliphatic imine (C=N–C) groups is 1. The van der Waals surface area contributed by atoms with Crippen molar-refractivity contribution >= 4 is 5.96 Å². The lowest BCUT2D eigenvalue weighted by Gasteiger charge is -2.09. The Balaban J connectivity index is 1.71. The number of aromatic nitrogens is 2. The normalized spacial score (nSPS) is 11.6. The van der Waals surface area contributed by atoms with Crippen molar-refractivity contribution in [2.45, 2.75) is 19.9 Å². The van der Waals surface area contributed by atoms with E-state index in [2.05, 4.69) is 25.8 Å². The fraction of sp³-hybridized carbons (Fsp3) is 0.417. The van der Waals surface area contributed by atoms with E-state index in [1.54, 1.807) is 26.5 Å². The van der Waals surface area contributed by atoms with E-state index >= 15 is 0 Å². The molecule has 2 aromatic heterocycles. The molecule has 0 aliphatic heterocycles. The Morgan fingerprint density at radius 3 is 2.95 bits per heavy atom. The number of rotatable bonds is 5. The minimum atomic E-state index is 0.621. The Bertz CT molecular complexity index is 518. The third kappa shape index (κ3) is 4.13. The average molecular weight is 263 g/mol. The molecule has 0 saturated carbocycles. The molecule has 0 unspecified atom stereocenters. The Hall–Kier alpha value is -2.31. The summed E-state index contributed by atoms with van der Waals surface area (Å²) in [4.78, 5) is 8.25. The van der Waals surface area contributed by atoms with E-state index < -0.39 is 0 Å². The number of hydrogen-bond acceptors (Lipinski definition) is 5. The summed E-state index contributed by atoms with van der Waals surface area (Å²) >= 11 is 0. The minimum absolute atomic E-state index is 0.621. The van der Waals surface area contributed by atoms with Crippen molar-refractivity contribution in [2.24, 2.45) is 4.99 Å². The van der Waals surface area contributed by atoms with E-state index in [0.717, 1.165) is 11.5 Å². The summed E-state index contributed by atoms with van der Waals surface area (Å²) in [7, 11) is 1.72. The molecule has 2 heterocycles. The second-order valence-electron chi connectivity index (χ2n) is 3.97. The number of furan rings is 1. The molecule has 0 fully saturated rings. The zero-order valence-corrected chi connectivity index (χ0v) is 11.0. The Labute approximate surface area is 111 Å². The van der Waals surface area contributed by atoms with Crippen molar-refractivity contribution in [2.75, 3.05) is 13.6 Å². The van der Waals surface area contributed by atoms with Crippen molar-refractivity contribution < 1.29 is 8.94 Å². The van der Waals surface area contributed by atoms with Crippen LogP contribution in [0.4, 0.5) is 0 Å². The summed E-state index contributed by atoms with van der Waals surface area (Å²) in [5.41, 5.74) is 1.07. The SMILES string of the molecule is CN=C(NCCc1nc(C)no1)NCc1ccoc1. The van der Waals surface area contributed by atoms with Crippen LogP contribution in [-0.4, -0.2) is 29.7 Å². The maximum Gasteiger partial charge on any atom is 0.228 e. The first kappa shape index (κ1) is 13.1.